The normalized spacial score (nSPS) is 14.1. The zero-order valence-electron chi connectivity index (χ0n) is 17.1. The van der Waals surface area contributed by atoms with Gasteiger partial charge in [-0.3, -0.25) is 4.79 Å². The summed E-state index contributed by atoms with van der Waals surface area (Å²) in [4.78, 5) is 18.3. The maximum Gasteiger partial charge on any atom is 0.239 e. The van der Waals surface area contributed by atoms with E-state index in [1.807, 2.05) is 0 Å². The van der Waals surface area contributed by atoms with Crippen molar-refractivity contribution < 1.29 is 4.79 Å². The number of hydrogen-bond donors (Lipinski definition) is 3. The van der Waals surface area contributed by atoms with Crippen molar-refractivity contribution in [1.29, 1.82) is 0 Å². The number of halogens is 1. The maximum atomic E-state index is 11.5. The number of guanidine groups is 1. The van der Waals surface area contributed by atoms with Crippen molar-refractivity contribution in [2.24, 2.45) is 4.99 Å². The Morgan fingerprint density at radius 2 is 1.76 bits per heavy atom. The van der Waals surface area contributed by atoms with E-state index in [0.717, 1.165) is 36.8 Å². The Kier molecular flexibility index (Phi) is 9.24. The Bertz CT molecular complexity index is 805. The fourth-order valence-electron chi connectivity index (χ4n) is 3.07. The van der Waals surface area contributed by atoms with Crippen LogP contribution in [0.1, 0.15) is 23.6 Å². The molecule has 156 valence electrons. The highest BCUT2D eigenvalue weighted by Gasteiger charge is 2.16. The SMILES string of the molecule is CCNC(=NCc1ccc(N2CCNC(=O)C2)cc1)NCc1ccc(C)cc1.I. The predicted molar refractivity (Wildman–Crippen MR) is 130 cm³/mol. The van der Waals surface area contributed by atoms with Crippen molar-refractivity contribution in [3.8, 4) is 0 Å². The van der Waals surface area contributed by atoms with Crippen molar-refractivity contribution in [3.05, 3.63) is 65.2 Å². The van der Waals surface area contributed by atoms with E-state index < -0.39 is 0 Å². The van der Waals surface area contributed by atoms with Gasteiger partial charge in [0.15, 0.2) is 5.96 Å². The number of anilines is 1. The first-order chi connectivity index (χ1) is 13.6. The van der Waals surface area contributed by atoms with E-state index in [9.17, 15) is 4.79 Å². The Labute approximate surface area is 190 Å². The zero-order valence-corrected chi connectivity index (χ0v) is 19.4. The standard InChI is InChI=1S/C22H29N5O.HI/c1-3-23-22(25-14-18-6-4-17(2)5-7-18)26-15-19-8-10-20(11-9-19)27-13-12-24-21(28)16-27;/h4-11H,3,12-16H2,1-2H3,(H,24,28)(H2,23,25,26);1H. The number of piperazine rings is 1. The average Bonchev–Trinajstić information content (AvgIpc) is 2.72. The van der Waals surface area contributed by atoms with Crippen LogP contribution in [-0.2, 0) is 17.9 Å². The lowest BCUT2D eigenvalue weighted by molar-refractivity contribution is -0.120. The Balaban J connectivity index is 0.00000300. The molecule has 3 rings (SSSR count). The van der Waals surface area contributed by atoms with Gasteiger partial charge in [0.2, 0.25) is 5.91 Å². The molecule has 0 unspecified atom stereocenters. The number of aliphatic imine (C=N–C) groups is 1. The first kappa shape index (κ1) is 23.0. The van der Waals surface area contributed by atoms with E-state index in [0.29, 0.717) is 19.6 Å². The molecular formula is C22H30IN5O. The molecule has 2 aromatic carbocycles. The van der Waals surface area contributed by atoms with Gasteiger partial charge in [0.25, 0.3) is 0 Å². The minimum atomic E-state index is 0. The lowest BCUT2D eigenvalue weighted by Gasteiger charge is -2.28. The Hall–Kier alpha value is -2.29. The van der Waals surface area contributed by atoms with Gasteiger partial charge in [0.1, 0.15) is 0 Å². The molecule has 0 bridgehead atoms. The molecule has 0 aliphatic carbocycles. The van der Waals surface area contributed by atoms with Gasteiger partial charge in [-0.2, -0.15) is 0 Å². The second-order valence-electron chi connectivity index (χ2n) is 6.97. The largest absolute Gasteiger partial charge is 0.360 e. The van der Waals surface area contributed by atoms with Gasteiger partial charge in [-0.05, 0) is 37.1 Å². The van der Waals surface area contributed by atoms with Crippen molar-refractivity contribution in [2.45, 2.75) is 26.9 Å². The van der Waals surface area contributed by atoms with Crippen LogP contribution < -0.4 is 20.9 Å². The van der Waals surface area contributed by atoms with Crippen LogP contribution in [0.2, 0.25) is 0 Å². The van der Waals surface area contributed by atoms with Gasteiger partial charge in [0.05, 0.1) is 13.1 Å². The number of rotatable bonds is 6. The van der Waals surface area contributed by atoms with Crippen molar-refractivity contribution in [2.75, 3.05) is 31.1 Å². The highest BCUT2D eigenvalue weighted by molar-refractivity contribution is 14.0. The van der Waals surface area contributed by atoms with Gasteiger partial charge in [0, 0.05) is 31.9 Å². The molecule has 2 aromatic rings. The average molecular weight is 507 g/mol. The minimum absolute atomic E-state index is 0. The topological polar surface area (TPSA) is 68.8 Å². The third kappa shape index (κ3) is 7.23. The zero-order chi connectivity index (χ0) is 19.8. The van der Waals surface area contributed by atoms with E-state index >= 15 is 0 Å². The van der Waals surface area contributed by atoms with Crippen molar-refractivity contribution in [1.82, 2.24) is 16.0 Å². The van der Waals surface area contributed by atoms with Crippen molar-refractivity contribution >= 4 is 41.5 Å². The summed E-state index contributed by atoms with van der Waals surface area (Å²) in [5, 5.41) is 9.52. The first-order valence-corrected chi connectivity index (χ1v) is 9.82. The van der Waals surface area contributed by atoms with Crippen LogP contribution in [-0.4, -0.2) is 38.0 Å². The van der Waals surface area contributed by atoms with Gasteiger partial charge >= 0.3 is 0 Å². The Morgan fingerprint density at radius 3 is 2.41 bits per heavy atom. The second kappa shape index (κ2) is 11.6. The Morgan fingerprint density at radius 1 is 1.07 bits per heavy atom. The predicted octanol–water partition coefficient (Wildman–Crippen LogP) is 2.80. The third-order valence-corrected chi connectivity index (χ3v) is 4.68. The molecule has 1 amide bonds. The molecule has 3 N–H and O–H groups in total. The molecule has 0 radical (unpaired) electrons. The van der Waals surface area contributed by atoms with E-state index in [4.69, 9.17) is 0 Å². The summed E-state index contributed by atoms with van der Waals surface area (Å²) in [7, 11) is 0. The summed E-state index contributed by atoms with van der Waals surface area (Å²) in [5.74, 6) is 0.884. The summed E-state index contributed by atoms with van der Waals surface area (Å²) < 4.78 is 0. The molecule has 0 spiro atoms. The number of nitrogens with one attached hydrogen (secondary N) is 3. The summed E-state index contributed by atoms with van der Waals surface area (Å²) in [6.07, 6.45) is 0. The molecule has 1 aliphatic heterocycles. The van der Waals surface area contributed by atoms with E-state index in [-0.39, 0.29) is 29.9 Å². The fraction of sp³-hybridized carbons (Fsp3) is 0.364. The van der Waals surface area contributed by atoms with E-state index in [1.54, 1.807) is 0 Å². The lowest BCUT2D eigenvalue weighted by Crippen LogP contribution is -2.47. The molecule has 0 atom stereocenters. The first-order valence-electron chi connectivity index (χ1n) is 9.82. The maximum absolute atomic E-state index is 11.5. The number of amides is 1. The molecule has 6 nitrogen and oxygen atoms in total. The van der Waals surface area contributed by atoms with Crippen LogP contribution in [0.15, 0.2) is 53.5 Å². The number of aryl methyl sites for hydroxylation is 1. The molecule has 1 heterocycles. The highest BCUT2D eigenvalue weighted by Crippen LogP contribution is 2.16. The molecule has 29 heavy (non-hydrogen) atoms. The van der Waals surface area contributed by atoms with Gasteiger partial charge in [-0.25, -0.2) is 4.99 Å². The molecule has 0 saturated carbocycles. The van der Waals surface area contributed by atoms with Gasteiger partial charge in [-0.1, -0.05) is 42.0 Å². The molecule has 1 saturated heterocycles. The van der Waals surface area contributed by atoms with Crippen LogP contribution in [0, 0.1) is 6.92 Å². The smallest absolute Gasteiger partial charge is 0.239 e. The van der Waals surface area contributed by atoms with Crippen LogP contribution in [0.25, 0.3) is 0 Å². The quantitative estimate of drug-likeness (QED) is 0.320. The number of carbonyl (C=O) groups is 1. The van der Waals surface area contributed by atoms with E-state index in [1.165, 1.54) is 11.1 Å². The van der Waals surface area contributed by atoms with Crippen LogP contribution in [0.5, 0.6) is 0 Å². The summed E-state index contributed by atoms with van der Waals surface area (Å²) in [6, 6.07) is 16.8. The molecule has 1 fully saturated rings. The number of carbonyl (C=O) groups excluding carboxylic acids is 1. The summed E-state index contributed by atoms with van der Waals surface area (Å²) in [6.45, 7) is 8.27. The number of benzene rings is 2. The van der Waals surface area contributed by atoms with Gasteiger partial charge < -0.3 is 20.9 Å². The third-order valence-electron chi connectivity index (χ3n) is 4.68. The molecular weight excluding hydrogens is 477 g/mol. The monoisotopic (exact) mass is 507 g/mol. The summed E-state index contributed by atoms with van der Waals surface area (Å²) in [5.41, 5.74) is 4.70. The minimum Gasteiger partial charge on any atom is -0.360 e. The van der Waals surface area contributed by atoms with E-state index in [2.05, 4.69) is 88.2 Å². The van der Waals surface area contributed by atoms with Crippen LogP contribution in [0.4, 0.5) is 5.69 Å². The molecule has 1 aliphatic rings. The van der Waals surface area contributed by atoms with Crippen LogP contribution in [0.3, 0.4) is 0 Å². The van der Waals surface area contributed by atoms with Gasteiger partial charge in [-0.15, -0.1) is 24.0 Å². The highest BCUT2D eigenvalue weighted by atomic mass is 127. The molecule has 7 heteroatoms. The van der Waals surface area contributed by atoms with Crippen LogP contribution >= 0.6 is 24.0 Å². The van der Waals surface area contributed by atoms with Crippen molar-refractivity contribution in [3.63, 3.8) is 0 Å². The lowest BCUT2D eigenvalue weighted by atomic mass is 10.1. The molecule has 0 aromatic heterocycles. The number of nitrogens with zero attached hydrogens (tertiary/aromatic N) is 2. The second-order valence-corrected chi connectivity index (χ2v) is 6.97. The number of hydrogen-bond acceptors (Lipinski definition) is 3. The fourth-order valence-corrected chi connectivity index (χ4v) is 3.07. The summed E-state index contributed by atoms with van der Waals surface area (Å²) >= 11 is 0.